The van der Waals surface area contributed by atoms with Gasteiger partial charge in [0.15, 0.2) is 6.29 Å². The van der Waals surface area contributed by atoms with E-state index < -0.39 is 23.6 Å². The molecule has 0 aromatic heterocycles. The summed E-state index contributed by atoms with van der Waals surface area (Å²) in [6.07, 6.45) is 0.130. The number of allylic oxidation sites excluding steroid dienone is 1. The number of ether oxygens (including phenoxy) is 2. The molecule has 0 radical (unpaired) electrons. The van der Waals surface area contributed by atoms with E-state index in [1.165, 1.54) is 0 Å². The minimum atomic E-state index is -2.21. The smallest absolute Gasteiger partial charge is 0.330 e. The maximum atomic E-state index is 12.4. The standard InChI is InChI=1S/C20H26O6/c1-5-12-10-9-11-14-15(12)13(6-2)16(17(25-7-3)26-8-4)20(14,18(21)22)19(23)24/h9-11,17H,5-8H2,1-4H3,(H,21,22)(H,23,24). The van der Waals surface area contributed by atoms with E-state index in [-0.39, 0.29) is 24.4 Å². The molecule has 2 N–H and O–H groups in total. The normalized spacial score (nSPS) is 15.4. The quantitative estimate of drug-likeness (QED) is 0.517. The zero-order valence-corrected chi connectivity index (χ0v) is 15.7. The summed E-state index contributed by atoms with van der Waals surface area (Å²) in [6, 6.07) is 5.21. The maximum absolute atomic E-state index is 12.4. The lowest BCUT2D eigenvalue weighted by Gasteiger charge is -2.30. The number of aliphatic carboxylic acids is 2. The van der Waals surface area contributed by atoms with Gasteiger partial charge in [0.05, 0.1) is 0 Å². The van der Waals surface area contributed by atoms with E-state index in [1.54, 1.807) is 26.0 Å². The van der Waals surface area contributed by atoms with Crippen LogP contribution < -0.4 is 0 Å². The first-order chi connectivity index (χ1) is 12.4. The molecule has 0 saturated heterocycles. The molecule has 1 aliphatic carbocycles. The summed E-state index contributed by atoms with van der Waals surface area (Å²) < 4.78 is 11.3. The van der Waals surface area contributed by atoms with Gasteiger partial charge in [-0.05, 0) is 49.0 Å². The van der Waals surface area contributed by atoms with Crippen molar-refractivity contribution >= 4 is 17.5 Å². The van der Waals surface area contributed by atoms with Crippen LogP contribution in [0.3, 0.4) is 0 Å². The van der Waals surface area contributed by atoms with E-state index in [4.69, 9.17) is 9.47 Å². The van der Waals surface area contributed by atoms with Crippen LogP contribution in [0.15, 0.2) is 23.8 Å². The van der Waals surface area contributed by atoms with E-state index in [0.717, 1.165) is 5.56 Å². The lowest BCUT2D eigenvalue weighted by atomic mass is 9.76. The van der Waals surface area contributed by atoms with Gasteiger partial charge in [0.25, 0.3) is 0 Å². The van der Waals surface area contributed by atoms with Crippen LogP contribution in [0, 0.1) is 0 Å². The van der Waals surface area contributed by atoms with Gasteiger partial charge in [-0.25, -0.2) is 0 Å². The van der Waals surface area contributed by atoms with E-state index in [2.05, 4.69) is 0 Å². The molecule has 26 heavy (non-hydrogen) atoms. The number of fused-ring (bicyclic) bond motifs is 1. The van der Waals surface area contributed by atoms with Crippen molar-refractivity contribution in [3.63, 3.8) is 0 Å². The third-order valence-electron chi connectivity index (χ3n) is 4.83. The SMILES string of the molecule is CCOC(OCC)C1=C(CC)c2c(CC)cccc2C1(C(=O)O)C(=O)O. The van der Waals surface area contributed by atoms with Crippen molar-refractivity contribution in [2.24, 2.45) is 0 Å². The van der Waals surface area contributed by atoms with Crippen LogP contribution in [-0.2, 0) is 30.9 Å². The first kappa shape index (κ1) is 20.1. The van der Waals surface area contributed by atoms with Gasteiger partial charge in [-0.15, -0.1) is 0 Å². The van der Waals surface area contributed by atoms with Gasteiger partial charge in [0, 0.05) is 18.8 Å². The molecule has 6 heteroatoms. The third kappa shape index (κ3) is 2.83. The Kier molecular flexibility index (Phi) is 6.21. The average Bonchev–Trinajstić information content (AvgIpc) is 2.92. The fourth-order valence-corrected chi connectivity index (χ4v) is 3.83. The summed E-state index contributed by atoms with van der Waals surface area (Å²) in [5, 5.41) is 20.2. The first-order valence-electron chi connectivity index (χ1n) is 8.97. The summed E-state index contributed by atoms with van der Waals surface area (Å²) in [5.41, 5.74) is 0.581. The fraction of sp³-hybridized carbons (Fsp3) is 0.500. The molecule has 0 amide bonds. The van der Waals surface area contributed by atoms with E-state index >= 15 is 0 Å². The van der Waals surface area contributed by atoms with Gasteiger partial charge in [-0.2, -0.15) is 0 Å². The number of carboxylic acids is 2. The first-order valence-corrected chi connectivity index (χ1v) is 8.97. The second kappa shape index (κ2) is 8.01. The molecule has 1 aromatic rings. The van der Waals surface area contributed by atoms with Gasteiger partial charge < -0.3 is 19.7 Å². The third-order valence-corrected chi connectivity index (χ3v) is 4.83. The minimum Gasteiger partial charge on any atom is -0.480 e. The molecule has 0 spiro atoms. The summed E-state index contributed by atoms with van der Waals surface area (Å²) in [6.45, 7) is 7.93. The van der Waals surface area contributed by atoms with Crippen molar-refractivity contribution in [3.8, 4) is 0 Å². The number of carboxylic acid groups (broad SMARTS) is 2. The van der Waals surface area contributed by atoms with Crippen LogP contribution in [0.25, 0.3) is 5.57 Å². The second-order valence-electron chi connectivity index (χ2n) is 6.04. The zero-order valence-electron chi connectivity index (χ0n) is 15.7. The predicted molar refractivity (Wildman–Crippen MR) is 97.0 cm³/mol. The Morgan fingerprint density at radius 1 is 1.00 bits per heavy atom. The topological polar surface area (TPSA) is 93.1 Å². The highest BCUT2D eigenvalue weighted by atomic mass is 16.7. The Hall–Kier alpha value is -2.18. The number of carbonyl (C=O) groups is 2. The molecule has 1 aromatic carbocycles. The molecule has 0 atom stereocenters. The zero-order chi connectivity index (χ0) is 19.5. The van der Waals surface area contributed by atoms with E-state index in [0.29, 0.717) is 24.0 Å². The number of hydrogen-bond donors (Lipinski definition) is 2. The van der Waals surface area contributed by atoms with Crippen LogP contribution >= 0.6 is 0 Å². The van der Waals surface area contributed by atoms with Crippen LogP contribution in [0.1, 0.15) is 50.8 Å². The van der Waals surface area contributed by atoms with Crippen LogP contribution in [-0.4, -0.2) is 41.7 Å². The Labute approximate surface area is 153 Å². The number of aryl methyl sites for hydroxylation is 1. The van der Waals surface area contributed by atoms with E-state index in [1.807, 2.05) is 19.9 Å². The Morgan fingerprint density at radius 3 is 2.00 bits per heavy atom. The minimum absolute atomic E-state index is 0.180. The van der Waals surface area contributed by atoms with Crippen LogP contribution in [0.4, 0.5) is 0 Å². The van der Waals surface area contributed by atoms with Gasteiger partial charge in [0.2, 0.25) is 5.41 Å². The highest BCUT2D eigenvalue weighted by molar-refractivity contribution is 6.14. The van der Waals surface area contributed by atoms with Gasteiger partial charge in [-0.1, -0.05) is 32.0 Å². The highest BCUT2D eigenvalue weighted by Crippen LogP contribution is 2.51. The van der Waals surface area contributed by atoms with Gasteiger partial charge in [-0.3, -0.25) is 9.59 Å². The summed E-state index contributed by atoms with van der Waals surface area (Å²) in [4.78, 5) is 24.8. The van der Waals surface area contributed by atoms with Crippen molar-refractivity contribution in [2.75, 3.05) is 13.2 Å². The molecule has 0 heterocycles. The monoisotopic (exact) mass is 362 g/mol. The van der Waals surface area contributed by atoms with Crippen molar-refractivity contribution in [3.05, 3.63) is 40.5 Å². The van der Waals surface area contributed by atoms with Crippen molar-refractivity contribution < 1.29 is 29.3 Å². The Bertz CT molecular complexity index is 714. The lowest BCUT2D eigenvalue weighted by Crippen LogP contribution is -2.48. The highest BCUT2D eigenvalue weighted by Gasteiger charge is 2.60. The molecule has 6 nitrogen and oxygen atoms in total. The van der Waals surface area contributed by atoms with Crippen molar-refractivity contribution in [1.82, 2.24) is 0 Å². The molecular weight excluding hydrogens is 336 g/mol. The lowest BCUT2D eigenvalue weighted by molar-refractivity contribution is -0.161. The number of benzene rings is 1. The van der Waals surface area contributed by atoms with Crippen molar-refractivity contribution in [2.45, 2.75) is 52.2 Å². The molecule has 142 valence electrons. The second-order valence-corrected chi connectivity index (χ2v) is 6.04. The van der Waals surface area contributed by atoms with Gasteiger partial charge in [0.1, 0.15) is 0 Å². The van der Waals surface area contributed by atoms with Crippen LogP contribution in [0.2, 0.25) is 0 Å². The molecule has 0 fully saturated rings. The van der Waals surface area contributed by atoms with Gasteiger partial charge >= 0.3 is 11.9 Å². The number of rotatable bonds is 9. The molecule has 0 bridgehead atoms. The summed E-state index contributed by atoms with van der Waals surface area (Å²) in [7, 11) is 0. The molecule has 0 aliphatic heterocycles. The number of hydrogen-bond acceptors (Lipinski definition) is 4. The maximum Gasteiger partial charge on any atom is 0.330 e. The van der Waals surface area contributed by atoms with Crippen LogP contribution in [0.5, 0.6) is 0 Å². The molecule has 1 aliphatic rings. The largest absolute Gasteiger partial charge is 0.480 e. The molecular formula is C20H26O6. The Balaban J connectivity index is 2.94. The molecule has 0 saturated carbocycles. The van der Waals surface area contributed by atoms with E-state index in [9.17, 15) is 19.8 Å². The molecule has 2 rings (SSSR count). The predicted octanol–water partition coefficient (Wildman–Crippen LogP) is 3.23. The summed E-state index contributed by atoms with van der Waals surface area (Å²) >= 11 is 0. The summed E-state index contributed by atoms with van der Waals surface area (Å²) in [5.74, 6) is -2.86. The van der Waals surface area contributed by atoms with Crippen molar-refractivity contribution in [1.29, 1.82) is 0 Å². The fourth-order valence-electron chi connectivity index (χ4n) is 3.83. The average molecular weight is 362 g/mol. The molecule has 0 unspecified atom stereocenters. The Morgan fingerprint density at radius 2 is 1.58 bits per heavy atom.